The van der Waals surface area contributed by atoms with E-state index >= 15 is 0 Å². The highest BCUT2D eigenvalue weighted by molar-refractivity contribution is 6.62. The lowest BCUT2D eigenvalue weighted by Crippen LogP contribution is -2.41. The third-order valence-electron chi connectivity index (χ3n) is 4.12. The molecule has 1 aromatic rings. The van der Waals surface area contributed by atoms with Crippen LogP contribution in [0.1, 0.15) is 33.3 Å². The summed E-state index contributed by atoms with van der Waals surface area (Å²) in [5, 5.41) is 9.92. The van der Waals surface area contributed by atoms with Crippen LogP contribution in [-0.4, -0.2) is 42.4 Å². The van der Waals surface area contributed by atoms with Crippen molar-refractivity contribution in [1.82, 2.24) is 4.90 Å². The summed E-state index contributed by atoms with van der Waals surface area (Å²) >= 11 is 0. The van der Waals surface area contributed by atoms with E-state index in [1.54, 1.807) is 6.07 Å². The third kappa shape index (κ3) is 2.85. The minimum Gasteiger partial charge on any atom is -0.508 e. The van der Waals surface area contributed by atoms with Crippen molar-refractivity contribution in [3.05, 3.63) is 23.8 Å². The second kappa shape index (κ2) is 5.06. The minimum absolute atomic E-state index is 0.305. The topological polar surface area (TPSA) is 41.9 Å². The van der Waals surface area contributed by atoms with Crippen LogP contribution in [-0.2, 0) is 15.9 Å². The van der Waals surface area contributed by atoms with E-state index in [1.807, 2.05) is 58.8 Å². The van der Waals surface area contributed by atoms with Crippen LogP contribution in [0, 0.1) is 0 Å². The molecule has 0 aliphatic carbocycles. The fraction of sp³-hybridized carbons (Fsp3) is 0.600. The molecule has 0 aromatic heterocycles. The van der Waals surface area contributed by atoms with Gasteiger partial charge < -0.3 is 19.3 Å². The quantitative estimate of drug-likeness (QED) is 0.855. The summed E-state index contributed by atoms with van der Waals surface area (Å²) in [6, 6.07) is 5.52. The minimum atomic E-state index is -0.387. The number of hydrogen-bond donors (Lipinski definition) is 1. The highest BCUT2D eigenvalue weighted by Crippen LogP contribution is 2.36. The Morgan fingerprint density at radius 1 is 1.10 bits per heavy atom. The molecule has 1 aromatic carbocycles. The number of phenolic OH excluding ortho intramolecular Hbond substituents is 1. The van der Waals surface area contributed by atoms with Crippen molar-refractivity contribution in [2.75, 3.05) is 14.1 Å². The molecule has 0 amide bonds. The van der Waals surface area contributed by atoms with Gasteiger partial charge in [0.1, 0.15) is 5.75 Å². The number of phenols is 1. The molecule has 20 heavy (non-hydrogen) atoms. The van der Waals surface area contributed by atoms with Crippen LogP contribution >= 0.6 is 0 Å². The molecule has 1 fully saturated rings. The first kappa shape index (κ1) is 15.4. The summed E-state index contributed by atoms with van der Waals surface area (Å²) in [6.07, 6.45) is 0. The molecule has 1 heterocycles. The van der Waals surface area contributed by atoms with Gasteiger partial charge in [0.2, 0.25) is 0 Å². The Hall–Kier alpha value is -1.04. The Balaban J connectivity index is 2.27. The molecule has 0 radical (unpaired) electrons. The van der Waals surface area contributed by atoms with Crippen molar-refractivity contribution in [2.24, 2.45) is 0 Å². The van der Waals surface area contributed by atoms with Gasteiger partial charge in [0.05, 0.1) is 11.2 Å². The van der Waals surface area contributed by atoms with Gasteiger partial charge in [-0.2, -0.15) is 0 Å². The second-order valence-corrected chi connectivity index (χ2v) is 6.71. The zero-order valence-electron chi connectivity index (χ0n) is 13.2. The molecule has 110 valence electrons. The highest BCUT2D eigenvalue weighted by atomic mass is 16.7. The van der Waals surface area contributed by atoms with Crippen LogP contribution in [0.4, 0.5) is 0 Å². The Morgan fingerprint density at radius 2 is 1.65 bits per heavy atom. The Kier molecular flexibility index (Phi) is 3.89. The second-order valence-electron chi connectivity index (χ2n) is 6.71. The molecule has 1 aliphatic rings. The Morgan fingerprint density at radius 3 is 2.15 bits per heavy atom. The molecule has 0 saturated carbocycles. The summed E-state index contributed by atoms with van der Waals surface area (Å²) in [4.78, 5) is 2.02. The van der Waals surface area contributed by atoms with Gasteiger partial charge in [-0.1, -0.05) is 12.1 Å². The number of benzene rings is 1. The Labute approximate surface area is 121 Å². The van der Waals surface area contributed by atoms with E-state index in [0.717, 1.165) is 11.0 Å². The first-order valence-corrected chi connectivity index (χ1v) is 6.94. The van der Waals surface area contributed by atoms with Crippen molar-refractivity contribution in [2.45, 2.75) is 45.4 Å². The van der Waals surface area contributed by atoms with E-state index in [0.29, 0.717) is 12.3 Å². The van der Waals surface area contributed by atoms with Crippen molar-refractivity contribution < 1.29 is 14.4 Å². The Bertz CT molecular complexity index is 484. The molecule has 0 bridgehead atoms. The summed E-state index contributed by atoms with van der Waals surface area (Å²) in [5.41, 5.74) is 1.12. The predicted molar refractivity (Wildman–Crippen MR) is 81.2 cm³/mol. The van der Waals surface area contributed by atoms with Crippen LogP contribution in [0.5, 0.6) is 5.75 Å². The molecular formula is C15H24BNO3. The zero-order chi connectivity index (χ0) is 15.1. The molecule has 4 nitrogen and oxygen atoms in total. The van der Waals surface area contributed by atoms with E-state index in [-0.39, 0.29) is 18.3 Å². The monoisotopic (exact) mass is 277 g/mol. The average molecular weight is 277 g/mol. The molecule has 0 atom stereocenters. The van der Waals surface area contributed by atoms with Gasteiger partial charge in [0.15, 0.2) is 0 Å². The van der Waals surface area contributed by atoms with Crippen LogP contribution in [0.25, 0.3) is 0 Å². The number of nitrogens with zero attached hydrogens (tertiary/aromatic N) is 1. The summed E-state index contributed by atoms with van der Waals surface area (Å²) < 4.78 is 12.1. The lowest BCUT2D eigenvalue weighted by molar-refractivity contribution is 0.00578. The third-order valence-corrected chi connectivity index (χ3v) is 4.12. The molecule has 5 heteroatoms. The van der Waals surface area contributed by atoms with Crippen LogP contribution in [0.15, 0.2) is 18.2 Å². The van der Waals surface area contributed by atoms with Crippen LogP contribution < -0.4 is 5.46 Å². The molecular weight excluding hydrogens is 253 g/mol. The van der Waals surface area contributed by atoms with Crippen molar-refractivity contribution >= 4 is 12.6 Å². The molecule has 0 spiro atoms. The molecule has 1 saturated heterocycles. The lowest BCUT2D eigenvalue weighted by Gasteiger charge is -2.32. The zero-order valence-corrected chi connectivity index (χ0v) is 13.2. The largest absolute Gasteiger partial charge is 0.508 e. The molecule has 1 N–H and O–H groups in total. The number of rotatable bonds is 3. The highest BCUT2D eigenvalue weighted by Gasteiger charge is 2.51. The maximum absolute atomic E-state index is 9.92. The van der Waals surface area contributed by atoms with Crippen molar-refractivity contribution in [3.63, 3.8) is 0 Å². The normalized spacial score (nSPS) is 20.6. The van der Waals surface area contributed by atoms with E-state index in [9.17, 15) is 5.11 Å². The number of hydrogen-bond acceptors (Lipinski definition) is 4. The smallest absolute Gasteiger partial charge is 0.494 e. The van der Waals surface area contributed by atoms with Gasteiger partial charge in [0.25, 0.3) is 0 Å². The van der Waals surface area contributed by atoms with E-state index in [4.69, 9.17) is 9.31 Å². The van der Waals surface area contributed by atoms with E-state index in [2.05, 4.69) is 0 Å². The lowest BCUT2D eigenvalue weighted by atomic mass is 9.78. The van der Waals surface area contributed by atoms with Gasteiger partial charge >= 0.3 is 7.12 Å². The molecule has 0 unspecified atom stereocenters. The van der Waals surface area contributed by atoms with Crippen LogP contribution in [0.2, 0.25) is 0 Å². The summed E-state index contributed by atoms with van der Waals surface area (Å²) in [5.74, 6) is 0.305. The predicted octanol–water partition coefficient (Wildman–Crippen LogP) is 1.75. The van der Waals surface area contributed by atoms with Gasteiger partial charge in [-0.05, 0) is 53.3 Å². The standard InChI is InChI=1S/C15H24BNO3/c1-14(2)15(3,4)20-16(19-14)12-7-8-13(18)11(9-12)10-17(5)6/h7-9,18H,10H2,1-6H3. The van der Waals surface area contributed by atoms with Gasteiger partial charge in [-0.25, -0.2) is 0 Å². The molecule has 2 rings (SSSR count). The van der Waals surface area contributed by atoms with Crippen molar-refractivity contribution in [1.29, 1.82) is 0 Å². The first-order chi connectivity index (χ1) is 9.12. The average Bonchev–Trinajstić information content (AvgIpc) is 2.50. The maximum atomic E-state index is 9.92. The SMILES string of the molecule is CN(C)Cc1cc(B2OC(C)(C)C(C)(C)O2)ccc1O. The summed E-state index contributed by atoms with van der Waals surface area (Å²) in [7, 11) is 3.56. The fourth-order valence-electron chi connectivity index (χ4n) is 2.20. The van der Waals surface area contributed by atoms with Crippen LogP contribution in [0.3, 0.4) is 0 Å². The van der Waals surface area contributed by atoms with E-state index in [1.165, 1.54) is 0 Å². The number of aromatic hydroxyl groups is 1. The summed E-state index contributed by atoms with van der Waals surface area (Å²) in [6.45, 7) is 8.82. The van der Waals surface area contributed by atoms with Gasteiger partial charge in [-0.15, -0.1) is 0 Å². The van der Waals surface area contributed by atoms with Crippen molar-refractivity contribution in [3.8, 4) is 5.75 Å². The fourth-order valence-corrected chi connectivity index (χ4v) is 2.20. The van der Waals surface area contributed by atoms with Gasteiger partial charge in [-0.3, -0.25) is 0 Å². The maximum Gasteiger partial charge on any atom is 0.494 e. The first-order valence-electron chi connectivity index (χ1n) is 6.94. The van der Waals surface area contributed by atoms with E-state index < -0.39 is 0 Å². The molecule has 1 aliphatic heterocycles. The van der Waals surface area contributed by atoms with Gasteiger partial charge in [0, 0.05) is 12.1 Å².